The fourth-order valence-corrected chi connectivity index (χ4v) is 1.92. The van der Waals surface area contributed by atoms with E-state index in [1.54, 1.807) is 0 Å². The molecule has 0 saturated heterocycles. The number of benzene rings is 1. The van der Waals surface area contributed by atoms with Gasteiger partial charge in [0.25, 0.3) is 5.91 Å². The van der Waals surface area contributed by atoms with Crippen LogP contribution in [0.2, 0.25) is 0 Å². The van der Waals surface area contributed by atoms with Crippen LogP contribution in [-0.2, 0) is 0 Å². The molecule has 0 radical (unpaired) electrons. The van der Waals surface area contributed by atoms with Gasteiger partial charge in [0.1, 0.15) is 0 Å². The van der Waals surface area contributed by atoms with Gasteiger partial charge in [0.05, 0.1) is 0 Å². The number of hydrogen-bond acceptors (Lipinski definition) is 1. The van der Waals surface area contributed by atoms with Crippen molar-refractivity contribution in [2.24, 2.45) is 0 Å². The molecule has 88 valence electrons. The van der Waals surface area contributed by atoms with E-state index >= 15 is 0 Å². The topological polar surface area (TPSA) is 29.1 Å². The fraction of sp³-hybridized carbons (Fsp3) is 0.462. The largest absolute Gasteiger partial charge is 0.352 e. The van der Waals surface area contributed by atoms with Gasteiger partial charge in [-0.25, -0.2) is 0 Å². The molecule has 0 bridgehead atoms. The van der Waals surface area contributed by atoms with Gasteiger partial charge < -0.3 is 5.32 Å². The Labute approximate surface area is 106 Å². The minimum Gasteiger partial charge on any atom is -0.352 e. The average Bonchev–Trinajstić information content (AvgIpc) is 2.29. The van der Waals surface area contributed by atoms with E-state index in [9.17, 15) is 4.79 Å². The summed E-state index contributed by atoms with van der Waals surface area (Å²) in [6, 6.07) is 7.66. The monoisotopic (exact) mass is 283 g/mol. The number of carbonyl (C=O) groups is 1. The van der Waals surface area contributed by atoms with Crippen LogP contribution in [0.15, 0.2) is 24.3 Å². The zero-order valence-corrected chi connectivity index (χ0v) is 11.2. The summed E-state index contributed by atoms with van der Waals surface area (Å²) in [5.74, 6) is 0.0388. The van der Waals surface area contributed by atoms with E-state index in [2.05, 4.69) is 21.2 Å². The molecule has 1 N–H and O–H groups in total. The quantitative estimate of drug-likeness (QED) is 0.630. The second-order valence-corrected chi connectivity index (χ2v) is 4.61. The molecule has 0 unspecified atom stereocenters. The maximum atomic E-state index is 11.8. The molecule has 1 amide bonds. The van der Waals surface area contributed by atoms with E-state index < -0.39 is 0 Å². The Balaban J connectivity index is 2.33. The van der Waals surface area contributed by atoms with Crippen molar-refractivity contribution >= 4 is 21.8 Å². The van der Waals surface area contributed by atoms with E-state index in [1.807, 2.05) is 31.2 Å². The predicted octanol–water partition coefficient (Wildman–Crippen LogP) is 3.29. The third kappa shape index (κ3) is 4.35. The number of carbonyl (C=O) groups excluding carboxylic acids is 1. The van der Waals surface area contributed by atoms with E-state index in [-0.39, 0.29) is 5.91 Å². The molecule has 0 aliphatic heterocycles. The Morgan fingerprint density at radius 2 is 2.00 bits per heavy atom. The summed E-state index contributed by atoms with van der Waals surface area (Å²) in [4.78, 5) is 11.8. The van der Waals surface area contributed by atoms with Gasteiger partial charge >= 0.3 is 0 Å². The highest BCUT2D eigenvalue weighted by Crippen LogP contribution is 2.06. The number of halogens is 1. The lowest BCUT2D eigenvalue weighted by Gasteiger charge is -2.06. The molecule has 0 aromatic heterocycles. The molecule has 0 aliphatic rings. The van der Waals surface area contributed by atoms with Gasteiger partial charge in [0, 0.05) is 17.4 Å². The van der Waals surface area contributed by atoms with Crippen molar-refractivity contribution in [1.29, 1.82) is 0 Å². The van der Waals surface area contributed by atoms with Crippen LogP contribution in [0.4, 0.5) is 0 Å². The summed E-state index contributed by atoms with van der Waals surface area (Å²) in [7, 11) is 0. The molecule has 1 aromatic carbocycles. The lowest BCUT2D eigenvalue weighted by Crippen LogP contribution is -2.25. The van der Waals surface area contributed by atoms with Crippen molar-refractivity contribution in [1.82, 2.24) is 5.32 Å². The summed E-state index contributed by atoms with van der Waals surface area (Å²) in [6.07, 6.45) is 3.36. The standard InChI is InChI=1S/C13H18BrNO/c1-11-7-3-4-8-12(11)13(16)15-10-6-2-5-9-14/h3-4,7-8H,2,5-6,9-10H2,1H3,(H,15,16). The van der Waals surface area contributed by atoms with Gasteiger partial charge in [-0.1, -0.05) is 40.5 Å². The Kier molecular flexibility index (Phi) is 6.16. The smallest absolute Gasteiger partial charge is 0.251 e. The summed E-state index contributed by atoms with van der Waals surface area (Å²) in [6.45, 7) is 2.72. The van der Waals surface area contributed by atoms with Crippen molar-refractivity contribution in [3.63, 3.8) is 0 Å². The highest BCUT2D eigenvalue weighted by molar-refractivity contribution is 9.09. The minimum atomic E-state index is 0.0388. The average molecular weight is 284 g/mol. The highest BCUT2D eigenvalue weighted by atomic mass is 79.9. The molecule has 0 heterocycles. The SMILES string of the molecule is Cc1ccccc1C(=O)NCCCCCBr. The molecule has 0 fully saturated rings. The molecule has 3 heteroatoms. The van der Waals surface area contributed by atoms with Crippen LogP contribution in [0.25, 0.3) is 0 Å². The Morgan fingerprint density at radius 3 is 2.69 bits per heavy atom. The molecule has 1 aromatic rings. The van der Waals surface area contributed by atoms with Crippen LogP contribution >= 0.6 is 15.9 Å². The van der Waals surface area contributed by atoms with Gasteiger partial charge in [0.2, 0.25) is 0 Å². The van der Waals surface area contributed by atoms with Crippen molar-refractivity contribution in [3.8, 4) is 0 Å². The number of aryl methyl sites for hydroxylation is 1. The van der Waals surface area contributed by atoms with E-state index in [0.29, 0.717) is 0 Å². The van der Waals surface area contributed by atoms with Crippen LogP contribution in [-0.4, -0.2) is 17.8 Å². The first-order valence-electron chi connectivity index (χ1n) is 5.65. The summed E-state index contributed by atoms with van der Waals surface area (Å²) >= 11 is 3.39. The summed E-state index contributed by atoms with van der Waals surface area (Å²) < 4.78 is 0. The van der Waals surface area contributed by atoms with E-state index in [0.717, 1.165) is 35.8 Å². The molecule has 2 nitrogen and oxygen atoms in total. The first kappa shape index (κ1) is 13.2. The van der Waals surface area contributed by atoms with Crippen LogP contribution in [0.3, 0.4) is 0 Å². The second kappa shape index (κ2) is 7.44. The molecule has 16 heavy (non-hydrogen) atoms. The van der Waals surface area contributed by atoms with Gasteiger partial charge in [-0.05, 0) is 31.4 Å². The molecule has 0 aliphatic carbocycles. The Morgan fingerprint density at radius 1 is 1.25 bits per heavy atom. The molecular formula is C13H18BrNO. The molecule has 0 spiro atoms. The Hall–Kier alpha value is -0.830. The van der Waals surface area contributed by atoms with E-state index in [1.165, 1.54) is 6.42 Å². The number of alkyl halides is 1. The zero-order chi connectivity index (χ0) is 11.8. The molecule has 1 rings (SSSR count). The number of rotatable bonds is 6. The number of amides is 1. The normalized spacial score (nSPS) is 10.1. The maximum Gasteiger partial charge on any atom is 0.251 e. The van der Waals surface area contributed by atoms with Gasteiger partial charge in [0.15, 0.2) is 0 Å². The lowest BCUT2D eigenvalue weighted by atomic mass is 10.1. The van der Waals surface area contributed by atoms with Crippen LogP contribution in [0.5, 0.6) is 0 Å². The van der Waals surface area contributed by atoms with Gasteiger partial charge in [-0.3, -0.25) is 4.79 Å². The maximum absolute atomic E-state index is 11.8. The van der Waals surface area contributed by atoms with Crippen LogP contribution in [0.1, 0.15) is 35.2 Å². The lowest BCUT2D eigenvalue weighted by molar-refractivity contribution is 0.0952. The summed E-state index contributed by atoms with van der Waals surface area (Å²) in [5.41, 5.74) is 1.81. The molecule has 0 saturated carbocycles. The number of hydrogen-bond donors (Lipinski definition) is 1. The molecular weight excluding hydrogens is 266 g/mol. The van der Waals surface area contributed by atoms with Crippen LogP contribution < -0.4 is 5.32 Å². The fourth-order valence-electron chi connectivity index (χ4n) is 1.52. The third-order valence-corrected chi connectivity index (χ3v) is 3.05. The zero-order valence-electron chi connectivity index (χ0n) is 9.63. The van der Waals surface area contributed by atoms with Gasteiger partial charge in [-0.15, -0.1) is 0 Å². The van der Waals surface area contributed by atoms with Crippen LogP contribution in [0, 0.1) is 6.92 Å². The second-order valence-electron chi connectivity index (χ2n) is 3.82. The van der Waals surface area contributed by atoms with Crippen molar-refractivity contribution in [2.45, 2.75) is 26.2 Å². The predicted molar refractivity (Wildman–Crippen MR) is 71.2 cm³/mol. The third-order valence-electron chi connectivity index (χ3n) is 2.49. The first-order valence-corrected chi connectivity index (χ1v) is 6.77. The minimum absolute atomic E-state index is 0.0388. The van der Waals surface area contributed by atoms with E-state index in [4.69, 9.17) is 0 Å². The Bertz CT molecular complexity index is 338. The first-order chi connectivity index (χ1) is 7.75. The highest BCUT2D eigenvalue weighted by Gasteiger charge is 2.06. The molecule has 0 atom stereocenters. The van der Waals surface area contributed by atoms with Crippen molar-refractivity contribution < 1.29 is 4.79 Å². The van der Waals surface area contributed by atoms with Crippen molar-refractivity contribution in [2.75, 3.05) is 11.9 Å². The number of nitrogens with one attached hydrogen (secondary N) is 1. The van der Waals surface area contributed by atoms with Gasteiger partial charge in [-0.2, -0.15) is 0 Å². The number of unbranched alkanes of at least 4 members (excludes halogenated alkanes) is 2. The summed E-state index contributed by atoms with van der Waals surface area (Å²) in [5, 5.41) is 3.98. The van der Waals surface area contributed by atoms with Crippen molar-refractivity contribution in [3.05, 3.63) is 35.4 Å².